The third-order valence-corrected chi connectivity index (χ3v) is 7.15. The lowest BCUT2D eigenvalue weighted by Crippen LogP contribution is -2.26. The van der Waals surface area contributed by atoms with E-state index in [9.17, 15) is 8.42 Å². The second-order valence-electron chi connectivity index (χ2n) is 3.27. The monoisotopic (exact) mass is 352 g/mol. The van der Waals surface area contributed by atoms with Gasteiger partial charge in [-0.15, -0.1) is 22.7 Å². The molecular formula is C9H9BrN2O2S3. The molecule has 0 bridgehead atoms. The number of rotatable bonds is 4. The van der Waals surface area contributed by atoms with E-state index in [1.807, 2.05) is 5.38 Å². The number of thiazole rings is 1. The molecule has 0 spiro atoms. The molecule has 1 atom stereocenters. The van der Waals surface area contributed by atoms with Gasteiger partial charge in [0.15, 0.2) is 0 Å². The Kier molecular flexibility index (Phi) is 3.99. The van der Waals surface area contributed by atoms with Crippen molar-refractivity contribution in [1.82, 2.24) is 9.71 Å². The van der Waals surface area contributed by atoms with Gasteiger partial charge in [0.2, 0.25) is 0 Å². The summed E-state index contributed by atoms with van der Waals surface area (Å²) in [6.07, 6.45) is 1.66. The van der Waals surface area contributed by atoms with Crippen molar-refractivity contribution in [3.05, 3.63) is 32.5 Å². The minimum Gasteiger partial charge on any atom is -0.248 e. The van der Waals surface area contributed by atoms with Gasteiger partial charge in [-0.05, 0) is 34.3 Å². The number of nitrogens with one attached hydrogen (secondary N) is 1. The Bertz CT molecular complexity index is 592. The van der Waals surface area contributed by atoms with Gasteiger partial charge in [-0.3, -0.25) is 0 Å². The maximum absolute atomic E-state index is 12.1. The largest absolute Gasteiger partial charge is 0.251 e. The fourth-order valence-corrected chi connectivity index (χ4v) is 5.54. The van der Waals surface area contributed by atoms with E-state index in [-0.39, 0.29) is 6.04 Å². The maximum atomic E-state index is 12.1. The van der Waals surface area contributed by atoms with Gasteiger partial charge in [0.05, 0.1) is 6.04 Å². The van der Waals surface area contributed by atoms with E-state index < -0.39 is 10.0 Å². The Morgan fingerprint density at radius 1 is 1.41 bits per heavy atom. The number of nitrogens with zero attached hydrogens (tertiary/aromatic N) is 1. The number of halogens is 1. The highest BCUT2D eigenvalue weighted by Crippen LogP contribution is 2.28. The molecule has 8 heteroatoms. The zero-order valence-corrected chi connectivity index (χ0v) is 12.8. The van der Waals surface area contributed by atoms with Crippen LogP contribution in [0.1, 0.15) is 18.0 Å². The molecule has 17 heavy (non-hydrogen) atoms. The van der Waals surface area contributed by atoms with Crippen molar-refractivity contribution >= 4 is 48.6 Å². The Morgan fingerprint density at radius 3 is 2.71 bits per heavy atom. The molecule has 0 aliphatic heterocycles. The van der Waals surface area contributed by atoms with Crippen LogP contribution in [0.5, 0.6) is 0 Å². The fraction of sp³-hybridized carbons (Fsp3) is 0.222. The molecule has 2 aromatic rings. The van der Waals surface area contributed by atoms with Crippen molar-refractivity contribution in [2.45, 2.75) is 17.2 Å². The molecule has 1 N–H and O–H groups in total. The van der Waals surface area contributed by atoms with Crippen LogP contribution in [0.2, 0.25) is 0 Å². The van der Waals surface area contributed by atoms with E-state index in [0.29, 0.717) is 8.68 Å². The normalized spacial score (nSPS) is 13.8. The number of hydrogen-bond acceptors (Lipinski definition) is 5. The van der Waals surface area contributed by atoms with Crippen molar-refractivity contribution in [2.75, 3.05) is 0 Å². The summed E-state index contributed by atoms with van der Waals surface area (Å²) in [7, 11) is -3.48. The summed E-state index contributed by atoms with van der Waals surface area (Å²) < 4.78 is 27.6. The van der Waals surface area contributed by atoms with Crippen LogP contribution in [-0.4, -0.2) is 13.4 Å². The van der Waals surface area contributed by atoms with Crippen molar-refractivity contribution in [1.29, 1.82) is 0 Å². The molecule has 2 rings (SSSR count). The predicted molar refractivity (Wildman–Crippen MR) is 72.9 cm³/mol. The first-order valence-electron chi connectivity index (χ1n) is 4.65. The lowest BCUT2D eigenvalue weighted by molar-refractivity contribution is 0.568. The first-order valence-corrected chi connectivity index (χ1v) is 8.69. The smallest absolute Gasteiger partial charge is 0.248 e. The SMILES string of the molecule is CC(NS(=O)(=O)c1sccc1Br)c1nccs1. The summed E-state index contributed by atoms with van der Waals surface area (Å²) in [5.41, 5.74) is 0. The van der Waals surface area contributed by atoms with Crippen molar-refractivity contribution in [3.8, 4) is 0 Å². The van der Waals surface area contributed by atoms with Gasteiger partial charge in [-0.2, -0.15) is 0 Å². The van der Waals surface area contributed by atoms with Crippen LogP contribution in [0.3, 0.4) is 0 Å². The van der Waals surface area contributed by atoms with E-state index >= 15 is 0 Å². The summed E-state index contributed by atoms with van der Waals surface area (Å²) in [6, 6.07) is 1.39. The molecule has 0 saturated carbocycles. The summed E-state index contributed by atoms with van der Waals surface area (Å²) in [6.45, 7) is 1.78. The molecule has 0 aliphatic rings. The molecule has 0 radical (unpaired) electrons. The van der Waals surface area contributed by atoms with E-state index in [4.69, 9.17) is 0 Å². The summed E-state index contributed by atoms with van der Waals surface area (Å²) >= 11 is 5.83. The van der Waals surface area contributed by atoms with Crippen LogP contribution < -0.4 is 4.72 Å². The van der Waals surface area contributed by atoms with Gasteiger partial charge in [0.25, 0.3) is 10.0 Å². The van der Waals surface area contributed by atoms with Crippen molar-refractivity contribution in [2.24, 2.45) is 0 Å². The highest BCUT2D eigenvalue weighted by atomic mass is 79.9. The van der Waals surface area contributed by atoms with E-state index in [0.717, 1.165) is 5.01 Å². The average Bonchev–Trinajstić information content (AvgIpc) is 2.85. The third kappa shape index (κ3) is 2.94. The first-order chi connectivity index (χ1) is 8.00. The van der Waals surface area contributed by atoms with E-state index in [2.05, 4.69) is 25.6 Å². The molecule has 2 heterocycles. The van der Waals surface area contributed by atoms with E-state index in [1.54, 1.807) is 24.6 Å². The van der Waals surface area contributed by atoms with Gasteiger partial charge >= 0.3 is 0 Å². The number of hydrogen-bond donors (Lipinski definition) is 1. The van der Waals surface area contributed by atoms with Gasteiger partial charge < -0.3 is 0 Å². The minimum atomic E-state index is -3.48. The molecule has 0 aliphatic carbocycles. The van der Waals surface area contributed by atoms with Crippen LogP contribution in [0.4, 0.5) is 0 Å². The van der Waals surface area contributed by atoms with Gasteiger partial charge in [-0.1, -0.05) is 0 Å². The zero-order chi connectivity index (χ0) is 12.5. The predicted octanol–water partition coefficient (Wildman–Crippen LogP) is 3.01. The van der Waals surface area contributed by atoms with Crippen LogP contribution in [0, 0.1) is 0 Å². The quantitative estimate of drug-likeness (QED) is 0.919. The molecule has 1 unspecified atom stereocenters. The second kappa shape index (κ2) is 5.15. The molecule has 0 fully saturated rings. The Labute approximate surface area is 116 Å². The topological polar surface area (TPSA) is 59.1 Å². The minimum absolute atomic E-state index is 0.293. The number of sulfonamides is 1. The molecule has 2 aromatic heterocycles. The molecule has 92 valence electrons. The molecular weight excluding hydrogens is 344 g/mol. The number of thiophene rings is 1. The van der Waals surface area contributed by atoms with Gasteiger partial charge in [0, 0.05) is 16.0 Å². The summed E-state index contributed by atoms with van der Waals surface area (Å²) in [5.74, 6) is 0. The van der Waals surface area contributed by atoms with Crippen molar-refractivity contribution in [3.63, 3.8) is 0 Å². The van der Waals surface area contributed by atoms with Crippen LogP contribution in [-0.2, 0) is 10.0 Å². The molecule has 0 aromatic carbocycles. The third-order valence-electron chi connectivity index (χ3n) is 1.98. The molecule has 0 saturated heterocycles. The van der Waals surface area contributed by atoms with Gasteiger partial charge in [0.1, 0.15) is 9.22 Å². The fourth-order valence-electron chi connectivity index (χ4n) is 1.26. The van der Waals surface area contributed by atoms with Crippen LogP contribution in [0.25, 0.3) is 0 Å². The maximum Gasteiger partial charge on any atom is 0.251 e. The average molecular weight is 353 g/mol. The molecule has 0 amide bonds. The summed E-state index contributed by atoms with van der Waals surface area (Å²) in [4.78, 5) is 4.09. The van der Waals surface area contributed by atoms with Crippen molar-refractivity contribution < 1.29 is 8.42 Å². The first kappa shape index (κ1) is 13.2. The zero-order valence-electron chi connectivity index (χ0n) is 8.75. The Hall–Kier alpha value is -0.280. The number of aromatic nitrogens is 1. The lowest BCUT2D eigenvalue weighted by atomic mass is 10.4. The molecule has 4 nitrogen and oxygen atoms in total. The Balaban J connectivity index is 2.22. The van der Waals surface area contributed by atoms with Crippen LogP contribution >= 0.6 is 38.6 Å². The highest BCUT2D eigenvalue weighted by molar-refractivity contribution is 9.10. The highest BCUT2D eigenvalue weighted by Gasteiger charge is 2.23. The lowest BCUT2D eigenvalue weighted by Gasteiger charge is -2.10. The van der Waals surface area contributed by atoms with Crippen LogP contribution in [0.15, 0.2) is 31.7 Å². The standard InChI is InChI=1S/C9H9BrN2O2S3/c1-6(8-11-3-5-15-8)12-17(13,14)9-7(10)2-4-16-9/h2-6,12H,1H3. The van der Waals surface area contributed by atoms with Gasteiger partial charge in [-0.25, -0.2) is 18.1 Å². The van der Waals surface area contributed by atoms with E-state index in [1.165, 1.54) is 22.7 Å². The second-order valence-corrected chi connectivity index (χ2v) is 7.88. The summed E-state index contributed by atoms with van der Waals surface area (Å²) in [5, 5.41) is 4.30. The Morgan fingerprint density at radius 2 is 2.18 bits per heavy atom.